The lowest BCUT2D eigenvalue weighted by Gasteiger charge is -2.42. The van der Waals surface area contributed by atoms with Crippen LogP contribution in [0, 0.1) is 0 Å². The van der Waals surface area contributed by atoms with Gasteiger partial charge < -0.3 is 20.6 Å². The first-order valence-corrected chi connectivity index (χ1v) is 11.5. The molecule has 15 heteroatoms. The number of nitrogen functional groups attached to an aromatic ring is 1. The van der Waals surface area contributed by atoms with Gasteiger partial charge >= 0.3 is 16.3 Å². The molecule has 13 nitrogen and oxygen atoms in total. The van der Waals surface area contributed by atoms with E-state index in [1.54, 1.807) is 20.8 Å². The van der Waals surface area contributed by atoms with Crippen LogP contribution < -0.4 is 11.1 Å². The van der Waals surface area contributed by atoms with E-state index in [1.165, 1.54) is 26.2 Å². The van der Waals surface area contributed by atoms with E-state index in [9.17, 15) is 22.8 Å². The van der Waals surface area contributed by atoms with E-state index in [0.29, 0.717) is 0 Å². The number of hydrogen-bond donors (Lipinski definition) is 3. The van der Waals surface area contributed by atoms with Gasteiger partial charge in [0.25, 0.3) is 11.8 Å². The molecule has 1 aliphatic rings. The van der Waals surface area contributed by atoms with Crippen molar-refractivity contribution in [1.29, 1.82) is 0 Å². The first kappa shape index (κ1) is 25.5. The highest BCUT2D eigenvalue weighted by atomic mass is 32.2. The maximum atomic E-state index is 12.8. The number of nitrogens with two attached hydrogens (primary N) is 1. The summed E-state index contributed by atoms with van der Waals surface area (Å²) >= 11 is 1.01. The van der Waals surface area contributed by atoms with Crippen LogP contribution >= 0.6 is 11.3 Å². The Balaban J connectivity index is 2.26. The van der Waals surface area contributed by atoms with Gasteiger partial charge in [0.1, 0.15) is 17.3 Å². The highest BCUT2D eigenvalue weighted by molar-refractivity contribution is 7.84. The molecule has 1 unspecified atom stereocenters. The Hall–Kier alpha value is -2.78. The van der Waals surface area contributed by atoms with Crippen molar-refractivity contribution in [2.75, 3.05) is 5.73 Å². The molecule has 0 aliphatic carbocycles. The summed E-state index contributed by atoms with van der Waals surface area (Å²) in [6, 6.07) is -2.29. The van der Waals surface area contributed by atoms with Crippen molar-refractivity contribution in [2.45, 2.75) is 64.8 Å². The van der Waals surface area contributed by atoms with Crippen LogP contribution in [0.4, 0.5) is 5.13 Å². The van der Waals surface area contributed by atoms with Crippen molar-refractivity contribution in [3.05, 3.63) is 11.1 Å². The minimum absolute atomic E-state index is 0.0102. The van der Waals surface area contributed by atoms with Gasteiger partial charge in [0.05, 0.1) is 6.04 Å². The second-order valence-electron chi connectivity index (χ2n) is 8.42. The van der Waals surface area contributed by atoms with Crippen LogP contribution in [0.15, 0.2) is 10.5 Å². The summed E-state index contributed by atoms with van der Waals surface area (Å²) < 4.78 is 37.1. The zero-order valence-electron chi connectivity index (χ0n) is 18.3. The molecule has 0 spiro atoms. The number of esters is 1. The van der Waals surface area contributed by atoms with Crippen molar-refractivity contribution in [2.24, 2.45) is 5.16 Å². The summed E-state index contributed by atoms with van der Waals surface area (Å²) in [6.07, 6.45) is 0. The number of carbonyl (C=O) groups excluding carboxylic acids is 3. The lowest BCUT2D eigenvalue weighted by molar-refractivity contribution is -0.179. The molecule has 0 radical (unpaired) electrons. The molecule has 2 atom stereocenters. The van der Waals surface area contributed by atoms with Gasteiger partial charge in [-0.1, -0.05) is 5.16 Å². The summed E-state index contributed by atoms with van der Waals surface area (Å²) in [6.45, 7) is 9.11. The topological polar surface area (TPSA) is 191 Å². The maximum Gasteiger partial charge on any atom is 0.362 e. The van der Waals surface area contributed by atoms with E-state index in [1.807, 2.05) is 0 Å². The van der Waals surface area contributed by atoms with E-state index >= 15 is 0 Å². The van der Waals surface area contributed by atoms with E-state index in [0.717, 1.165) is 11.3 Å². The van der Waals surface area contributed by atoms with Crippen LogP contribution in [0.25, 0.3) is 0 Å². The Labute approximate surface area is 188 Å². The Kier molecular flexibility index (Phi) is 6.87. The number of anilines is 1. The second kappa shape index (κ2) is 8.63. The third-order valence-electron chi connectivity index (χ3n) is 4.11. The van der Waals surface area contributed by atoms with E-state index in [-0.39, 0.29) is 15.1 Å². The van der Waals surface area contributed by atoms with Crippen LogP contribution in [0.5, 0.6) is 0 Å². The van der Waals surface area contributed by atoms with Crippen LogP contribution in [-0.2, 0) is 34.3 Å². The zero-order chi connectivity index (χ0) is 24.6. The minimum atomic E-state index is -4.76. The predicted molar refractivity (Wildman–Crippen MR) is 114 cm³/mol. The summed E-state index contributed by atoms with van der Waals surface area (Å²) in [5.74, 6) is -2.70. The number of aromatic nitrogens is 1. The number of hydrogen-bond acceptors (Lipinski definition) is 11. The van der Waals surface area contributed by atoms with E-state index < -0.39 is 57.1 Å². The first-order valence-electron chi connectivity index (χ1n) is 9.26. The fourth-order valence-electron chi connectivity index (χ4n) is 2.51. The molecule has 178 valence electrons. The number of β-lactam (4-membered cyclic amide) rings is 1. The summed E-state index contributed by atoms with van der Waals surface area (Å²) in [4.78, 5) is 46.5. The van der Waals surface area contributed by atoms with Gasteiger partial charge in [0.15, 0.2) is 10.8 Å². The SMILES string of the molecule is C[C@H]1C(NC(=O)C(=NOC(C)(C)C(=O)OC(C)(C)C)c2csc(N)n2)C(=O)N1S(=O)(=O)O. The van der Waals surface area contributed by atoms with Crippen molar-refractivity contribution in [1.82, 2.24) is 14.6 Å². The fourth-order valence-corrected chi connectivity index (χ4v) is 3.94. The standard InChI is InChI=1S/C17H25N5O8S2/c1-8-10(13(24)22(8)32(26,27)28)20-12(23)11(9-7-31-15(18)19-9)21-30-17(5,6)14(25)29-16(2,3)4/h7-8,10H,1-6H3,(H2,18,19)(H,20,23)(H,26,27,28)/t8-,10?/m0/s1. The molecule has 1 aliphatic heterocycles. The number of amides is 2. The molecule has 0 bridgehead atoms. The van der Waals surface area contributed by atoms with Gasteiger partial charge in [-0.05, 0) is 41.5 Å². The molecule has 0 saturated carbocycles. The van der Waals surface area contributed by atoms with E-state index in [4.69, 9.17) is 19.9 Å². The quantitative estimate of drug-likeness (QED) is 0.155. The molecule has 1 saturated heterocycles. The summed E-state index contributed by atoms with van der Waals surface area (Å²) in [7, 11) is -4.76. The Morgan fingerprint density at radius 2 is 1.91 bits per heavy atom. The molecule has 1 aromatic rings. The zero-order valence-corrected chi connectivity index (χ0v) is 19.9. The molecule has 1 aromatic heterocycles. The second-order valence-corrected chi connectivity index (χ2v) is 10.6. The number of nitrogens with zero attached hydrogens (tertiary/aromatic N) is 3. The largest absolute Gasteiger partial charge is 0.457 e. The average molecular weight is 492 g/mol. The Morgan fingerprint density at radius 1 is 1.31 bits per heavy atom. The van der Waals surface area contributed by atoms with Gasteiger partial charge in [-0.25, -0.2) is 14.1 Å². The molecular formula is C17H25N5O8S2. The lowest BCUT2D eigenvalue weighted by Crippen LogP contribution is -2.71. The number of ether oxygens (including phenoxy) is 1. The minimum Gasteiger partial charge on any atom is -0.457 e. The fraction of sp³-hybridized carbons (Fsp3) is 0.588. The van der Waals surface area contributed by atoms with Crippen LogP contribution in [0.2, 0.25) is 0 Å². The first-order chi connectivity index (χ1) is 14.4. The molecule has 0 aromatic carbocycles. The highest BCUT2D eigenvalue weighted by Gasteiger charge is 2.51. The average Bonchev–Trinajstić information content (AvgIpc) is 3.03. The molecule has 4 N–H and O–H groups in total. The number of thiazole rings is 1. The molecular weight excluding hydrogens is 466 g/mol. The summed E-state index contributed by atoms with van der Waals surface area (Å²) in [5.41, 5.74) is 2.85. The molecule has 2 rings (SSSR count). The Morgan fingerprint density at radius 3 is 2.34 bits per heavy atom. The summed E-state index contributed by atoms with van der Waals surface area (Å²) in [5, 5.41) is 7.61. The monoisotopic (exact) mass is 491 g/mol. The maximum absolute atomic E-state index is 12.8. The molecule has 2 amide bonds. The van der Waals surface area contributed by atoms with Gasteiger partial charge in [0.2, 0.25) is 5.60 Å². The lowest BCUT2D eigenvalue weighted by atomic mass is 10.0. The van der Waals surface area contributed by atoms with Gasteiger partial charge in [0, 0.05) is 5.38 Å². The normalized spacial score (nSPS) is 19.9. The molecule has 32 heavy (non-hydrogen) atoms. The van der Waals surface area contributed by atoms with Gasteiger partial charge in [-0.2, -0.15) is 8.42 Å². The third-order valence-corrected chi connectivity index (χ3v) is 5.79. The third kappa shape index (κ3) is 5.72. The highest BCUT2D eigenvalue weighted by Crippen LogP contribution is 2.24. The predicted octanol–water partition coefficient (Wildman–Crippen LogP) is 0.0846. The number of rotatable bonds is 7. The number of nitrogens with one attached hydrogen (secondary N) is 1. The Bertz CT molecular complexity index is 1060. The molecule has 1 fully saturated rings. The number of oxime groups is 1. The van der Waals surface area contributed by atoms with Crippen molar-refractivity contribution in [3.8, 4) is 0 Å². The van der Waals surface area contributed by atoms with Crippen molar-refractivity contribution in [3.63, 3.8) is 0 Å². The smallest absolute Gasteiger partial charge is 0.362 e. The van der Waals surface area contributed by atoms with Crippen LogP contribution in [0.1, 0.15) is 47.2 Å². The van der Waals surface area contributed by atoms with E-state index in [2.05, 4.69) is 15.5 Å². The van der Waals surface area contributed by atoms with Crippen LogP contribution in [-0.4, -0.2) is 69.0 Å². The van der Waals surface area contributed by atoms with Crippen LogP contribution in [0.3, 0.4) is 0 Å². The van der Waals surface area contributed by atoms with Gasteiger partial charge in [-0.3, -0.25) is 14.1 Å². The van der Waals surface area contributed by atoms with Crippen molar-refractivity contribution < 1.29 is 36.9 Å². The number of carbonyl (C=O) groups is 3. The van der Waals surface area contributed by atoms with Gasteiger partial charge in [-0.15, -0.1) is 11.3 Å². The van der Waals surface area contributed by atoms with Crippen molar-refractivity contribution >= 4 is 50.3 Å². The molecule has 2 heterocycles.